The van der Waals surface area contributed by atoms with Crippen LogP contribution in [0.1, 0.15) is 21.5 Å². The maximum Gasteiger partial charge on any atom is 0.255 e. The van der Waals surface area contributed by atoms with Crippen LogP contribution < -0.4 is 9.64 Å². The van der Waals surface area contributed by atoms with Gasteiger partial charge in [-0.3, -0.25) is 9.59 Å². The first kappa shape index (κ1) is 22.0. The van der Waals surface area contributed by atoms with Crippen LogP contribution in [0.25, 0.3) is 0 Å². The van der Waals surface area contributed by atoms with Crippen molar-refractivity contribution in [3.8, 4) is 5.75 Å². The lowest BCUT2D eigenvalue weighted by atomic mass is 10.0. The van der Waals surface area contributed by atoms with Gasteiger partial charge < -0.3 is 19.4 Å². The van der Waals surface area contributed by atoms with Crippen LogP contribution in [0.3, 0.4) is 0 Å². The molecule has 3 aromatic carbocycles. The topological polar surface area (TPSA) is 53.1 Å². The van der Waals surface area contributed by atoms with E-state index in [1.807, 2.05) is 77.7 Å². The second kappa shape index (κ2) is 9.59. The summed E-state index contributed by atoms with van der Waals surface area (Å²) in [6.45, 7) is 3.13. The second-order valence-corrected chi connectivity index (χ2v) is 8.78. The Morgan fingerprint density at radius 2 is 1.56 bits per heavy atom. The van der Waals surface area contributed by atoms with Gasteiger partial charge in [-0.05, 0) is 29.3 Å². The summed E-state index contributed by atoms with van der Waals surface area (Å²) in [5.74, 6) is 0.798. The fourth-order valence-corrected chi connectivity index (χ4v) is 4.97. The molecule has 174 valence electrons. The summed E-state index contributed by atoms with van der Waals surface area (Å²) in [7, 11) is 1.68. The number of fused-ring (bicyclic) bond motifs is 1. The molecule has 1 atom stereocenters. The molecule has 5 rings (SSSR count). The van der Waals surface area contributed by atoms with E-state index in [2.05, 4.69) is 11.0 Å². The number of carbonyl (C=O) groups excluding carboxylic acids is 2. The molecule has 6 nitrogen and oxygen atoms in total. The van der Waals surface area contributed by atoms with Gasteiger partial charge in [0, 0.05) is 44.7 Å². The number of anilines is 1. The van der Waals surface area contributed by atoms with Gasteiger partial charge in [-0.1, -0.05) is 60.7 Å². The van der Waals surface area contributed by atoms with Crippen LogP contribution in [-0.4, -0.2) is 60.9 Å². The zero-order chi connectivity index (χ0) is 23.5. The summed E-state index contributed by atoms with van der Waals surface area (Å²) in [6.07, 6.45) is 0.506. The van der Waals surface area contributed by atoms with Gasteiger partial charge in [-0.2, -0.15) is 0 Å². The molecule has 0 radical (unpaired) electrons. The van der Waals surface area contributed by atoms with E-state index in [-0.39, 0.29) is 11.8 Å². The molecule has 0 aliphatic carbocycles. The van der Waals surface area contributed by atoms with Gasteiger partial charge >= 0.3 is 0 Å². The van der Waals surface area contributed by atoms with Crippen molar-refractivity contribution in [2.75, 3.05) is 38.2 Å². The molecule has 1 saturated heterocycles. The first-order valence-corrected chi connectivity index (χ1v) is 11.8. The summed E-state index contributed by atoms with van der Waals surface area (Å²) in [6, 6.07) is 25.1. The Balaban J connectivity index is 1.35. The van der Waals surface area contributed by atoms with Gasteiger partial charge in [0.2, 0.25) is 5.91 Å². The molecule has 2 aliphatic rings. The molecule has 2 amide bonds. The molecule has 0 unspecified atom stereocenters. The average Bonchev–Trinajstić information content (AvgIpc) is 3.23. The van der Waals surface area contributed by atoms with E-state index >= 15 is 0 Å². The van der Waals surface area contributed by atoms with Crippen molar-refractivity contribution in [1.29, 1.82) is 0 Å². The molecule has 0 spiro atoms. The SMILES string of the molecule is COc1ccccc1N1CCN(C(=O)[C@H](Cc2ccccc2)N2Cc3ccccc3C2=O)CC1. The van der Waals surface area contributed by atoms with Crippen molar-refractivity contribution in [3.63, 3.8) is 0 Å². The zero-order valence-corrected chi connectivity index (χ0v) is 19.4. The van der Waals surface area contributed by atoms with Crippen LogP contribution >= 0.6 is 0 Å². The number of amides is 2. The summed E-state index contributed by atoms with van der Waals surface area (Å²) >= 11 is 0. The van der Waals surface area contributed by atoms with Gasteiger partial charge in [-0.15, -0.1) is 0 Å². The number of hydrogen-bond donors (Lipinski definition) is 0. The second-order valence-electron chi connectivity index (χ2n) is 8.78. The van der Waals surface area contributed by atoms with E-state index in [0.717, 1.165) is 35.7 Å². The first-order valence-electron chi connectivity index (χ1n) is 11.8. The molecule has 0 N–H and O–H groups in total. The van der Waals surface area contributed by atoms with Crippen molar-refractivity contribution < 1.29 is 14.3 Å². The summed E-state index contributed by atoms with van der Waals surface area (Å²) < 4.78 is 5.52. The molecule has 0 saturated carbocycles. The normalized spacial score (nSPS) is 16.4. The fourth-order valence-electron chi connectivity index (χ4n) is 4.97. The van der Waals surface area contributed by atoms with E-state index in [9.17, 15) is 9.59 Å². The number of carbonyl (C=O) groups is 2. The minimum Gasteiger partial charge on any atom is -0.495 e. The van der Waals surface area contributed by atoms with Crippen LogP contribution in [0.5, 0.6) is 5.75 Å². The molecular weight excluding hydrogens is 426 g/mol. The van der Waals surface area contributed by atoms with Gasteiger partial charge in [-0.25, -0.2) is 0 Å². The highest BCUT2D eigenvalue weighted by molar-refractivity contribution is 6.01. The number of methoxy groups -OCH3 is 1. The molecule has 2 aliphatic heterocycles. The maximum absolute atomic E-state index is 13.8. The van der Waals surface area contributed by atoms with Crippen LogP contribution in [0.15, 0.2) is 78.9 Å². The number of rotatable bonds is 6. The molecule has 2 heterocycles. The number of benzene rings is 3. The predicted octanol–water partition coefficient (Wildman–Crippen LogP) is 3.61. The lowest BCUT2D eigenvalue weighted by molar-refractivity contribution is -0.136. The average molecular weight is 456 g/mol. The Morgan fingerprint density at radius 3 is 2.29 bits per heavy atom. The van der Waals surface area contributed by atoms with Crippen LogP contribution in [0, 0.1) is 0 Å². The van der Waals surface area contributed by atoms with E-state index in [4.69, 9.17) is 4.74 Å². The molecule has 6 heteroatoms. The molecule has 34 heavy (non-hydrogen) atoms. The highest BCUT2D eigenvalue weighted by Gasteiger charge is 2.38. The van der Waals surface area contributed by atoms with E-state index in [1.54, 1.807) is 12.0 Å². The van der Waals surface area contributed by atoms with Gasteiger partial charge in [0.05, 0.1) is 12.8 Å². The minimum absolute atomic E-state index is 0.0182. The van der Waals surface area contributed by atoms with Crippen LogP contribution in [0.2, 0.25) is 0 Å². The third-order valence-corrected chi connectivity index (χ3v) is 6.80. The Morgan fingerprint density at radius 1 is 0.882 bits per heavy atom. The molecular formula is C28H29N3O3. The summed E-state index contributed by atoms with van der Waals surface area (Å²) in [4.78, 5) is 33.0. The van der Waals surface area contributed by atoms with Crippen LogP contribution in [-0.2, 0) is 17.8 Å². The number of piperazine rings is 1. The van der Waals surface area contributed by atoms with Crippen molar-refractivity contribution in [2.45, 2.75) is 19.0 Å². The molecule has 0 bridgehead atoms. The maximum atomic E-state index is 13.8. The summed E-state index contributed by atoms with van der Waals surface area (Å²) in [5, 5.41) is 0. The van der Waals surface area contributed by atoms with Crippen molar-refractivity contribution in [1.82, 2.24) is 9.80 Å². The lowest BCUT2D eigenvalue weighted by Gasteiger charge is -2.39. The third-order valence-electron chi connectivity index (χ3n) is 6.80. The standard InChI is InChI=1S/C28H29N3O3/c1-34-26-14-8-7-13-24(26)29-15-17-30(18-16-29)28(33)25(19-21-9-3-2-4-10-21)31-20-22-11-5-6-12-23(22)27(31)32/h2-14,25H,15-20H2,1H3/t25-/m0/s1. The highest BCUT2D eigenvalue weighted by atomic mass is 16.5. The Kier molecular flexibility index (Phi) is 6.21. The smallest absolute Gasteiger partial charge is 0.255 e. The minimum atomic E-state index is -0.528. The van der Waals surface area contributed by atoms with Crippen molar-refractivity contribution >= 4 is 17.5 Å². The van der Waals surface area contributed by atoms with Gasteiger partial charge in [0.15, 0.2) is 0 Å². The lowest BCUT2D eigenvalue weighted by Crippen LogP contribution is -2.55. The number of ether oxygens (including phenoxy) is 1. The molecule has 3 aromatic rings. The van der Waals surface area contributed by atoms with Gasteiger partial charge in [0.1, 0.15) is 11.8 Å². The van der Waals surface area contributed by atoms with E-state index < -0.39 is 6.04 Å². The molecule has 0 aromatic heterocycles. The van der Waals surface area contributed by atoms with Crippen molar-refractivity contribution in [2.24, 2.45) is 0 Å². The quantitative estimate of drug-likeness (QED) is 0.570. The fraction of sp³-hybridized carbons (Fsp3) is 0.286. The Bertz CT molecular complexity index is 1170. The Hall–Kier alpha value is -3.80. The summed E-state index contributed by atoms with van der Waals surface area (Å²) in [5.41, 5.74) is 3.79. The Labute approximate surface area is 200 Å². The largest absolute Gasteiger partial charge is 0.495 e. The third kappa shape index (κ3) is 4.23. The van der Waals surface area contributed by atoms with Gasteiger partial charge in [0.25, 0.3) is 5.91 Å². The van der Waals surface area contributed by atoms with E-state index in [0.29, 0.717) is 31.6 Å². The molecule has 1 fully saturated rings. The number of hydrogen-bond acceptors (Lipinski definition) is 4. The van der Waals surface area contributed by atoms with E-state index in [1.165, 1.54) is 0 Å². The van der Waals surface area contributed by atoms with Crippen molar-refractivity contribution in [3.05, 3.63) is 95.6 Å². The zero-order valence-electron chi connectivity index (χ0n) is 19.4. The highest BCUT2D eigenvalue weighted by Crippen LogP contribution is 2.30. The van der Waals surface area contributed by atoms with Crippen LogP contribution in [0.4, 0.5) is 5.69 Å². The first-order chi connectivity index (χ1) is 16.7. The monoisotopic (exact) mass is 455 g/mol. The number of nitrogens with zero attached hydrogens (tertiary/aromatic N) is 3. The number of para-hydroxylation sites is 2. The predicted molar refractivity (Wildman–Crippen MR) is 132 cm³/mol.